The molecule has 0 aliphatic heterocycles. The normalized spacial score (nSPS) is 13.7. The molecule has 0 aliphatic rings. The minimum Gasteiger partial charge on any atom is -0.480 e. The molecule has 84 valence electrons. The molecule has 0 spiro atoms. The average molecular weight is 250 g/mol. The topological polar surface area (TPSA) is 96.4 Å². The Bertz CT molecular complexity index is 465. The lowest BCUT2D eigenvalue weighted by Gasteiger charge is -2.07. The van der Waals surface area contributed by atoms with E-state index in [0.717, 1.165) is 11.3 Å². The van der Waals surface area contributed by atoms with Crippen molar-refractivity contribution in [2.45, 2.75) is 24.1 Å². The number of aryl methyl sites for hydroxylation is 1. The first-order valence-electron chi connectivity index (χ1n) is 4.00. The summed E-state index contributed by atoms with van der Waals surface area (Å²) >= 11 is 0.994. The molecule has 0 radical (unpaired) electrons. The van der Waals surface area contributed by atoms with Crippen molar-refractivity contribution in [3.05, 3.63) is 11.2 Å². The lowest BCUT2D eigenvalue weighted by Crippen LogP contribution is -2.37. The maximum Gasteiger partial charge on any atom is 0.321 e. The van der Waals surface area contributed by atoms with Gasteiger partial charge in [-0.1, -0.05) is 0 Å². The summed E-state index contributed by atoms with van der Waals surface area (Å²) in [6.45, 7) is 2.93. The summed E-state index contributed by atoms with van der Waals surface area (Å²) < 4.78 is 25.2. The van der Waals surface area contributed by atoms with Gasteiger partial charge in [0.15, 0.2) is 4.21 Å². The maximum absolute atomic E-state index is 11.6. The summed E-state index contributed by atoms with van der Waals surface area (Å²) in [5, 5.41) is 9.17. The van der Waals surface area contributed by atoms with E-state index in [1.807, 2.05) is 4.72 Å². The van der Waals surface area contributed by atoms with E-state index >= 15 is 0 Å². The minimum atomic E-state index is -3.76. The van der Waals surface area contributed by atoms with E-state index in [0.29, 0.717) is 5.01 Å². The van der Waals surface area contributed by atoms with Crippen LogP contribution in [-0.2, 0) is 14.8 Å². The van der Waals surface area contributed by atoms with E-state index in [9.17, 15) is 13.2 Å². The van der Waals surface area contributed by atoms with Crippen LogP contribution in [0.5, 0.6) is 0 Å². The zero-order chi connectivity index (χ0) is 11.6. The molecule has 15 heavy (non-hydrogen) atoms. The van der Waals surface area contributed by atoms with Crippen molar-refractivity contribution in [1.82, 2.24) is 9.71 Å². The molecule has 0 bridgehead atoms. The molecule has 0 amide bonds. The van der Waals surface area contributed by atoms with E-state index in [-0.39, 0.29) is 4.21 Å². The zero-order valence-electron chi connectivity index (χ0n) is 8.09. The van der Waals surface area contributed by atoms with Crippen LogP contribution in [0.3, 0.4) is 0 Å². The molecule has 1 heterocycles. The van der Waals surface area contributed by atoms with Crippen LogP contribution in [0.25, 0.3) is 0 Å². The number of sulfonamides is 1. The van der Waals surface area contributed by atoms with Crippen LogP contribution in [0.1, 0.15) is 11.9 Å². The number of aromatic nitrogens is 1. The molecule has 0 saturated carbocycles. The number of rotatable bonds is 4. The lowest BCUT2D eigenvalue weighted by atomic mass is 10.4. The number of hydrogen-bond acceptors (Lipinski definition) is 5. The standard InChI is InChI=1S/C7H10N2O4S2/c1-4(7(10)11)9-15(12,13)6-3-8-5(2)14-6/h3-4,9H,1-2H3,(H,10,11)/t4-/m1/s1. The Morgan fingerprint density at radius 3 is 2.67 bits per heavy atom. The molecule has 0 aliphatic carbocycles. The van der Waals surface area contributed by atoms with Crippen molar-refractivity contribution in [2.24, 2.45) is 0 Å². The van der Waals surface area contributed by atoms with Crippen LogP contribution < -0.4 is 4.72 Å². The number of nitrogens with zero attached hydrogens (tertiary/aromatic N) is 1. The van der Waals surface area contributed by atoms with Gasteiger partial charge < -0.3 is 5.11 Å². The molecule has 0 saturated heterocycles. The number of thiazole rings is 1. The van der Waals surface area contributed by atoms with Gasteiger partial charge in [-0.2, -0.15) is 4.72 Å². The number of aliphatic carboxylic acids is 1. The van der Waals surface area contributed by atoms with Gasteiger partial charge in [0.1, 0.15) is 6.04 Å². The van der Waals surface area contributed by atoms with Gasteiger partial charge in [0.05, 0.1) is 11.2 Å². The van der Waals surface area contributed by atoms with Crippen molar-refractivity contribution in [3.63, 3.8) is 0 Å². The Morgan fingerprint density at radius 1 is 1.67 bits per heavy atom. The van der Waals surface area contributed by atoms with E-state index in [1.165, 1.54) is 13.1 Å². The fourth-order valence-corrected chi connectivity index (χ4v) is 3.13. The third-order valence-electron chi connectivity index (χ3n) is 1.57. The molecule has 0 unspecified atom stereocenters. The predicted octanol–water partition coefficient (Wildman–Crippen LogP) is 0.203. The second-order valence-corrected chi connectivity index (χ2v) is 6.06. The smallest absolute Gasteiger partial charge is 0.321 e. The molecular formula is C7H10N2O4S2. The van der Waals surface area contributed by atoms with Crippen LogP contribution in [0.4, 0.5) is 0 Å². The summed E-state index contributed by atoms with van der Waals surface area (Å²) in [6, 6.07) is -1.16. The van der Waals surface area contributed by atoms with E-state index in [2.05, 4.69) is 4.98 Å². The molecule has 0 aromatic carbocycles. The van der Waals surface area contributed by atoms with Crippen LogP contribution in [-0.4, -0.2) is 30.5 Å². The Kier molecular flexibility index (Phi) is 3.42. The number of carboxylic acids is 1. The minimum absolute atomic E-state index is 0.0214. The largest absolute Gasteiger partial charge is 0.480 e. The van der Waals surface area contributed by atoms with Gasteiger partial charge in [-0.25, -0.2) is 13.4 Å². The third kappa shape index (κ3) is 2.98. The van der Waals surface area contributed by atoms with E-state index in [1.54, 1.807) is 6.92 Å². The number of carboxylic acid groups (broad SMARTS) is 1. The maximum atomic E-state index is 11.6. The van der Waals surface area contributed by atoms with Gasteiger partial charge in [0.2, 0.25) is 0 Å². The molecule has 2 N–H and O–H groups in total. The van der Waals surface area contributed by atoms with Gasteiger partial charge in [-0.15, -0.1) is 11.3 Å². The highest BCUT2D eigenvalue weighted by Crippen LogP contribution is 2.17. The van der Waals surface area contributed by atoms with E-state index in [4.69, 9.17) is 5.11 Å². The summed E-state index contributed by atoms with van der Waals surface area (Å²) in [5.41, 5.74) is 0. The fraction of sp³-hybridized carbons (Fsp3) is 0.429. The Morgan fingerprint density at radius 2 is 2.27 bits per heavy atom. The first-order valence-corrected chi connectivity index (χ1v) is 6.30. The van der Waals surface area contributed by atoms with Crippen LogP contribution in [0.2, 0.25) is 0 Å². The highest BCUT2D eigenvalue weighted by atomic mass is 32.2. The SMILES string of the molecule is Cc1ncc(S(=O)(=O)N[C@H](C)C(=O)O)s1. The first-order chi connectivity index (χ1) is 6.83. The lowest BCUT2D eigenvalue weighted by molar-refractivity contribution is -0.138. The van der Waals surface area contributed by atoms with Crippen LogP contribution in [0, 0.1) is 6.92 Å². The van der Waals surface area contributed by atoms with Gasteiger partial charge in [-0.3, -0.25) is 4.79 Å². The van der Waals surface area contributed by atoms with Gasteiger partial charge in [0.25, 0.3) is 10.0 Å². The van der Waals surface area contributed by atoms with E-state index < -0.39 is 22.0 Å². The molecule has 1 aromatic rings. The molecular weight excluding hydrogens is 240 g/mol. The molecule has 1 atom stereocenters. The summed E-state index contributed by atoms with van der Waals surface area (Å²) in [5.74, 6) is -1.22. The second kappa shape index (κ2) is 4.25. The molecule has 1 aromatic heterocycles. The average Bonchev–Trinajstić information content (AvgIpc) is 2.51. The molecule has 0 fully saturated rings. The monoisotopic (exact) mass is 250 g/mol. The Labute approximate surface area is 91.0 Å². The Hall–Kier alpha value is -0.990. The summed E-state index contributed by atoms with van der Waals surface area (Å²) in [4.78, 5) is 14.3. The number of hydrogen-bond donors (Lipinski definition) is 2. The summed E-state index contributed by atoms with van der Waals surface area (Å²) in [6.07, 6.45) is 1.21. The van der Waals surface area contributed by atoms with Crippen molar-refractivity contribution < 1.29 is 18.3 Å². The van der Waals surface area contributed by atoms with Gasteiger partial charge in [0, 0.05) is 0 Å². The molecule has 8 heteroatoms. The highest BCUT2D eigenvalue weighted by molar-refractivity contribution is 7.91. The van der Waals surface area contributed by atoms with Crippen molar-refractivity contribution in [3.8, 4) is 0 Å². The van der Waals surface area contributed by atoms with Crippen molar-refractivity contribution in [2.75, 3.05) is 0 Å². The molecule has 1 rings (SSSR count). The quantitative estimate of drug-likeness (QED) is 0.796. The highest BCUT2D eigenvalue weighted by Gasteiger charge is 2.23. The third-order valence-corrected chi connectivity index (χ3v) is 4.48. The molecule has 6 nitrogen and oxygen atoms in total. The van der Waals surface area contributed by atoms with Gasteiger partial charge in [-0.05, 0) is 13.8 Å². The van der Waals surface area contributed by atoms with Crippen LogP contribution in [0.15, 0.2) is 10.4 Å². The van der Waals surface area contributed by atoms with Gasteiger partial charge >= 0.3 is 5.97 Å². The van der Waals surface area contributed by atoms with Crippen molar-refractivity contribution in [1.29, 1.82) is 0 Å². The zero-order valence-corrected chi connectivity index (χ0v) is 9.72. The first kappa shape index (κ1) is 12.1. The van der Waals surface area contributed by atoms with Crippen LogP contribution >= 0.6 is 11.3 Å². The predicted molar refractivity (Wildman–Crippen MR) is 54.3 cm³/mol. The number of nitrogens with one attached hydrogen (secondary N) is 1. The van der Waals surface area contributed by atoms with Crippen molar-refractivity contribution >= 4 is 27.3 Å². The fourth-order valence-electron chi connectivity index (χ4n) is 0.807. The second-order valence-electron chi connectivity index (χ2n) is 2.88. The summed E-state index contributed by atoms with van der Waals surface area (Å²) in [7, 11) is -3.76. The number of carbonyl (C=O) groups is 1. The Balaban J connectivity index is 2.90.